The average molecular weight is 238 g/mol. The Balaban J connectivity index is 2.15. The molecule has 1 unspecified atom stereocenters. The lowest BCUT2D eigenvalue weighted by Gasteiger charge is -2.16. The van der Waals surface area contributed by atoms with Crippen molar-refractivity contribution in [3.8, 4) is 0 Å². The molecule has 1 aliphatic carbocycles. The molecule has 88 valence electrons. The number of fused-ring (bicyclic) bond motifs is 1. The fraction of sp³-hybridized carbons (Fsp3) is 0.615. The number of ether oxygens (including phenoxy) is 1. The number of hydrogen-bond donors (Lipinski definition) is 0. The summed E-state index contributed by atoms with van der Waals surface area (Å²) in [5.41, 5.74) is 1.36. The van der Waals surface area contributed by atoms with Gasteiger partial charge < -0.3 is 4.74 Å². The highest BCUT2D eigenvalue weighted by Crippen LogP contribution is 2.32. The molecule has 2 rings (SSSR count). The Bertz CT molecular complexity index is 393. The zero-order chi connectivity index (χ0) is 11.7. The molecule has 16 heavy (non-hydrogen) atoms. The van der Waals surface area contributed by atoms with E-state index in [0.29, 0.717) is 0 Å². The fourth-order valence-electron chi connectivity index (χ4n) is 2.08. The van der Waals surface area contributed by atoms with Crippen LogP contribution in [0.3, 0.4) is 0 Å². The molecule has 0 spiro atoms. The summed E-state index contributed by atoms with van der Waals surface area (Å²) in [7, 11) is 0. The van der Waals surface area contributed by atoms with E-state index in [2.05, 4.69) is 6.92 Å². The number of esters is 1. The van der Waals surface area contributed by atoms with Crippen LogP contribution in [0.5, 0.6) is 0 Å². The van der Waals surface area contributed by atoms with Gasteiger partial charge in [-0.2, -0.15) is 0 Å². The van der Waals surface area contributed by atoms with Gasteiger partial charge in [0, 0.05) is 4.88 Å². The average Bonchev–Trinajstić information content (AvgIpc) is 2.59. The zero-order valence-corrected chi connectivity index (χ0v) is 10.9. The molecule has 0 bridgehead atoms. The van der Waals surface area contributed by atoms with Gasteiger partial charge in [-0.15, -0.1) is 11.3 Å². The molecule has 0 amide bonds. The first kappa shape index (κ1) is 11.6. The van der Waals surface area contributed by atoms with Crippen LogP contribution >= 0.6 is 11.3 Å². The Hall–Kier alpha value is -0.830. The number of rotatable bonds is 2. The summed E-state index contributed by atoms with van der Waals surface area (Å²) in [6.07, 6.45) is 3.44. The Kier molecular flexibility index (Phi) is 3.33. The van der Waals surface area contributed by atoms with Crippen molar-refractivity contribution in [3.05, 3.63) is 21.4 Å². The van der Waals surface area contributed by atoms with Crippen LogP contribution < -0.4 is 0 Å². The van der Waals surface area contributed by atoms with Gasteiger partial charge in [0.25, 0.3) is 0 Å². The van der Waals surface area contributed by atoms with Gasteiger partial charge in [-0.3, -0.25) is 0 Å². The summed E-state index contributed by atoms with van der Waals surface area (Å²) in [5.74, 6) is 0.582. The van der Waals surface area contributed by atoms with Crippen molar-refractivity contribution in [1.82, 2.24) is 0 Å². The second-order valence-electron chi connectivity index (χ2n) is 4.86. The van der Waals surface area contributed by atoms with Crippen LogP contribution in [0.4, 0.5) is 0 Å². The molecule has 0 aliphatic heterocycles. The van der Waals surface area contributed by atoms with Gasteiger partial charge >= 0.3 is 5.97 Å². The first-order valence-electron chi connectivity index (χ1n) is 5.89. The van der Waals surface area contributed by atoms with Gasteiger partial charge in [-0.1, -0.05) is 6.92 Å². The molecule has 1 atom stereocenters. The maximum Gasteiger partial charge on any atom is 0.348 e. The van der Waals surface area contributed by atoms with Crippen LogP contribution in [-0.4, -0.2) is 12.1 Å². The number of hydrogen-bond acceptors (Lipinski definition) is 3. The third kappa shape index (κ3) is 2.46. The first-order chi connectivity index (χ1) is 7.56. The van der Waals surface area contributed by atoms with Gasteiger partial charge in [0.05, 0.1) is 6.10 Å². The highest BCUT2D eigenvalue weighted by atomic mass is 32.1. The SMILES string of the molecule is CC1CCc2sc(C(=O)OC(C)C)cc2C1. The summed E-state index contributed by atoms with van der Waals surface area (Å²) in [5, 5.41) is 0. The number of thiophene rings is 1. The standard InChI is InChI=1S/C13H18O2S/c1-8(2)15-13(14)12-7-10-6-9(3)4-5-11(10)16-12/h7-9H,4-6H2,1-3H3. The van der Waals surface area contributed by atoms with Crippen molar-refractivity contribution >= 4 is 17.3 Å². The summed E-state index contributed by atoms with van der Waals surface area (Å²) < 4.78 is 5.21. The topological polar surface area (TPSA) is 26.3 Å². The molecule has 0 saturated carbocycles. The van der Waals surface area contributed by atoms with Crippen LogP contribution in [0.25, 0.3) is 0 Å². The van der Waals surface area contributed by atoms with Crippen LogP contribution in [0, 0.1) is 5.92 Å². The number of aryl methyl sites for hydroxylation is 1. The van der Waals surface area contributed by atoms with Crippen molar-refractivity contribution < 1.29 is 9.53 Å². The van der Waals surface area contributed by atoms with E-state index in [1.165, 1.54) is 16.9 Å². The molecule has 1 aromatic rings. The van der Waals surface area contributed by atoms with Crippen LogP contribution in [0.15, 0.2) is 6.07 Å². The minimum atomic E-state index is -0.165. The maximum absolute atomic E-state index is 11.7. The summed E-state index contributed by atoms with van der Waals surface area (Å²) in [4.78, 5) is 13.9. The summed E-state index contributed by atoms with van der Waals surface area (Å²) in [6, 6.07) is 2.03. The van der Waals surface area contributed by atoms with Crippen molar-refractivity contribution in [2.24, 2.45) is 5.92 Å². The van der Waals surface area contributed by atoms with Crippen LogP contribution in [-0.2, 0) is 17.6 Å². The van der Waals surface area contributed by atoms with E-state index in [1.54, 1.807) is 11.3 Å². The minimum Gasteiger partial charge on any atom is -0.459 e. The van der Waals surface area contributed by atoms with Crippen LogP contribution in [0.2, 0.25) is 0 Å². The second kappa shape index (κ2) is 4.58. The van der Waals surface area contributed by atoms with Gasteiger partial charge in [0.15, 0.2) is 0 Å². The van der Waals surface area contributed by atoms with E-state index in [1.807, 2.05) is 19.9 Å². The van der Waals surface area contributed by atoms with E-state index in [-0.39, 0.29) is 12.1 Å². The predicted octanol–water partition coefficient (Wildman–Crippen LogP) is 3.44. The van der Waals surface area contributed by atoms with E-state index >= 15 is 0 Å². The molecular weight excluding hydrogens is 220 g/mol. The van der Waals surface area contributed by atoms with Gasteiger partial charge in [-0.05, 0) is 50.7 Å². The lowest BCUT2D eigenvalue weighted by Crippen LogP contribution is -2.10. The molecule has 1 heterocycles. The lowest BCUT2D eigenvalue weighted by atomic mass is 9.90. The van der Waals surface area contributed by atoms with Crippen LogP contribution in [0.1, 0.15) is 47.3 Å². The Labute approximate surface area is 101 Å². The smallest absolute Gasteiger partial charge is 0.348 e. The largest absolute Gasteiger partial charge is 0.459 e. The fourth-order valence-corrected chi connectivity index (χ4v) is 3.17. The molecule has 0 radical (unpaired) electrons. The maximum atomic E-state index is 11.7. The molecule has 1 aromatic heterocycles. The van der Waals surface area contributed by atoms with Gasteiger partial charge in [0.2, 0.25) is 0 Å². The zero-order valence-electron chi connectivity index (χ0n) is 10.1. The Morgan fingerprint density at radius 1 is 1.56 bits per heavy atom. The predicted molar refractivity (Wildman–Crippen MR) is 66.1 cm³/mol. The third-order valence-electron chi connectivity index (χ3n) is 2.87. The van der Waals surface area contributed by atoms with Crippen molar-refractivity contribution in [1.29, 1.82) is 0 Å². The van der Waals surface area contributed by atoms with Crippen molar-refractivity contribution in [2.75, 3.05) is 0 Å². The van der Waals surface area contributed by atoms with E-state index < -0.39 is 0 Å². The summed E-state index contributed by atoms with van der Waals surface area (Å²) >= 11 is 1.61. The third-order valence-corrected chi connectivity index (χ3v) is 4.09. The highest BCUT2D eigenvalue weighted by Gasteiger charge is 2.21. The molecule has 0 aromatic carbocycles. The molecule has 0 N–H and O–H groups in total. The molecule has 0 fully saturated rings. The molecule has 0 saturated heterocycles. The van der Waals surface area contributed by atoms with Crippen molar-refractivity contribution in [2.45, 2.75) is 46.1 Å². The molecule has 2 nitrogen and oxygen atoms in total. The van der Waals surface area contributed by atoms with E-state index in [4.69, 9.17) is 4.74 Å². The molecule has 3 heteroatoms. The normalized spacial score (nSPS) is 19.6. The number of carbonyl (C=O) groups excluding carboxylic acids is 1. The Morgan fingerprint density at radius 3 is 3.00 bits per heavy atom. The quantitative estimate of drug-likeness (QED) is 0.738. The van der Waals surface area contributed by atoms with Gasteiger partial charge in [-0.25, -0.2) is 4.79 Å². The number of carbonyl (C=O) groups is 1. The summed E-state index contributed by atoms with van der Waals surface area (Å²) in [6.45, 7) is 6.04. The Morgan fingerprint density at radius 2 is 2.31 bits per heavy atom. The second-order valence-corrected chi connectivity index (χ2v) is 6.00. The monoisotopic (exact) mass is 238 g/mol. The first-order valence-corrected chi connectivity index (χ1v) is 6.70. The van der Waals surface area contributed by atoms with E-state index in [9.17, 15) is 4.79 Å². The minimum absolute atomic E-state index is 0.0365. The van der Waals surface area contributed by atoms with Gasteiger partial charge in [0.1, 0.15) is 4.88 Å². The molecular formula is C13H18O2S. The van der Waals surface area contributed by atoms with E-state index in [0.717, 1.165) is 23.6 Å². The van der Waals surface area contributed by atoms with Crippen molar-refractivity contribution in [3.63, 3.8) is 0 Å². The molecule has 1 aliphatic rings. The highest BCUT2D eigenvalue weighted by molar-refractivity contribution is 7.14. The lowest BCUT2D eigenvalue weighted by molar-refractivity contribution is 0.0383.